The van der Waals surface area contributed by atoms with E-state index in [1.807, 2.05) is 0 Å². The fourth-order valence-electron chi connectivity index (χ4n) is 2.64. The van der Waals surface area contributed by atoms with E-state index in [-0.39, 0.29) is 24.3 Å². The highest BCUT2D eigenvalue weighted by Crippen LogP contribution is 2.31. The molecule has 3 rings (SSSR count). The minimum Gasteiger partial charge on any atom is -0.404 e. The van der Waals surface area contributed by atoms with Gasteiger partial charge in [0, 0.05) is 18.7 Å². The average Bonchev–Trinajstić information content (AvgIpc) is 2.56. The Labute approximate surface area is 155 Å². The largest absolute Gasteiger partial charge is 0.573 e. The molecule has 5 nitrogen and oxygen atoms in total. The van der Waals surface area contributed by atoms with E-state index in [1.165, 1.54) is 23.1 Å². The summed E-state index contributed by atoms with van der Waals surface area (Å²) < 4.78 is 67.3. The van der Waals surface area contributed by atoms with Crippen LogP contribution in [0.2, 0.25) is 0 Å². The van der Waals surface area contributed by atoms with Gasteiger partial charge in [-0.3, -0.25) is 9.59 Å². The van der Waals surface area contributed by atoms with Crippen LogP contribution in [0.25, 0.3) is 0 Å². The van der Waals surface area contributed by atoms with Gasteiger partial charge >= 0.3 is 6.36 Å². The van der Waals surface area contributed by atoms with Crippen molar-refractivity contribution in [1.82, 2.24) is 4.90 Å². The van der Waals surface area contributed by atoms with Crippen LogP contribution in [0, 0.1) is 17.6 Å². The van der Waals surface area contributed by atoms with Gasteiger partial charge in [0.05, 0.1) is 11.6 Å². The molecule has 0 saturated carbocycles. The summed E-state index contributed by atoms with van der Waals surface area (Å²) in [4.78, 5) is 25.7. The molecular formula is C18H13F5N2O3. The van der Waals surface area contributed by atoms with Crippen LogP contribution < -0.4 is 10.1 Å². The molecule has 148 valence electrons. The number of alkyl halides is 3. The molecule has 2 aromatic carbocycles. The Hall–Kier alpha value is -3.17. The molecule has 1 heterocycles. The molecule has 28 heavy (non-hydrogen) atoms. The fraction of sp³-hybridized carbons (Fsp3) is 0.222. The van der Waals surface area contributed by atoms with Gasteiger partial charge in [0.15, 0.2) is 17.4 Å². The first-order valence-corrected chi connectivity index (χ1v) is 8.04. The van der Waals surface area contributed by atoms with Crippen molar-refractivity contribution in [2.45, 2.75) is 6.36 Å². The van der Waals surface area contributed by atoms with Gasteiger partial charge < -0.3 is 15.0 Å². The van der Waals surface area contributed by atoms with Crippen molar-refractivity contribution in [3.63, 3.8) is 0 Å². The molecular weight excluding hydrogens is 387 g/mol. The van der Waals surface area contributed by atoms with E-state index in [0.717, 1.165) is 24.3 Å². The van der Waals surface area contributed by atoms with E-state index >= 15 is 0 Å². The molecule has 0 atom stereocenters. The molecule has 10 heteroatoms. The van der Waals surface area contributed by atoms with Crippen molar-refractivity contribution >= 4 is 17.5 Å². The lowest BCUT2D eigenvalue weighted by Crippen LogP contribution is -2.54. The van der Waals surface area contributed by atoms with Crippen molar-refractivity contribution in [3.8, 4) is 5.75 Å². The molecule has 0 spiro atoms. The third kappa shape index (κ3) is 4.38. The van der Waals surface area contributed by atoms with Gasteiger partial charge in [-0.15, -0.1) is 13.2 Å². The van der Waals surface area contributed by atoms with Gasteiger partial charge in [0.25, 0.3) is 5.91 Å². The number of rotatable bonds is 4. The first kappa shape index (κ1) is 19.6. The van der Waals surface area contributed by atoms with Crippen molar-refractivity contribution in [1.29, 1.82) is 0 Å². The predicted molar refractivity (Wildman–Crippen MR) is 87.5 cm³/mol. The highest BCUT2D eigenvalue weighted by Gasteiger charge is 2.37. The molecule has 1 aliphatic heterocycles. The first-order valence-electron chi connectivity index (χ1n) is 8.04. The van der Waals surface area contributed by atoms with Crippen LogP contribution in [0.15, 0.2) is 42.5 Å². The van der Waals surface area contributed by atoms with Gasteiger partial charge in [-0.05, 0) is 30.3 Å². The van der Waals surface area contributed by atoms with Gasteiger partial charge in [0.2, 0.25) is 5.91 Å². The number of anilines is 1. The second kappa shape index (κ2) is 7.45. The summed E-state index contributed by atoms with van der Waals surface area (Å²) in [5.74, 6) is -4.64. The third-order valence-corrected chi connectivity index (χ3v) is 4.08. The molecule has 0 radical (unpaired) electrons. The number of carbonyl (C=O) groups excluding carboxylic acids is 2. The minimum absolute atomic E-state index is 0.00798. The predicted octanol–water partition coefficient (Wildman–Crippen LogP) is 3.57. The van der Waals surface area contributed by atoms with Gasteiger partial charge in [0.1, 0.15) is 0 Å². The molecule has 2 amide bonds. The van der Waals surface area contributed by atoms with E-state index in [9.17, 15) is 31.5 Å². The van der Waals surface area contributed by atoms with E-state index in [0.29, 0.717) is 0 Å². The van der Waals surface area contributed by atoms with E-state index < -0.39 is 41.5 Å². The van der Waals surface area contributed by atoms with Crippen molar-refractivity contribution in [3.05, 3.63) is 59.7 Å². The average molecular weight is 400 g/mol. The zero-order valence-corrected chi connectivity index (χ0v) is 14.1. The maximum atomic E-state index is 13.2. The Balaban J connectivity index is 1.60. The maximum Gasteiger partial charge on any atom is 0.573 e. The molecule has 1 N–H and O–H groups in total. The van der Waals surface area contributed by atoms with E-state index in [1.54, 1.807) is 0 Å². The van der Waals surface area contributed by atoms with Gasteiger partial charge in [-0.1, -0.05) is 12.1 Å². The zero-order valence-electron chi connectivity index (χ0n) is 14.1. The van der Waals surface area contributed by atoms with Gasteiger partial charge in [-0.2, -0.15) is 0 Å². The maximum absolute atomic E-state index is 13.2. The summed E-state index contributed by atoms with van der Waals surface area (Å²) in [6, 6.07) is 7.77. The Morgan fingerprint density at radius 3 is 2.36 bits per heavy atom. The number of carbonyl (C=O) groups is 2. The third-order valence-electron chi connectivity index (χ3n) is 4.08. The van der Waals surface area contributed by atoms with E-state index in [4.69, 9.17) is 0 Å². The van der Waals surface area contributed by atoms with Crippen LogP contribution >= 0.6 is 0 Å². The SMILES string of the molecule is O=C(Nc1ccccc1OC(F)(F)F)C1CN(C(=O)c2ccc(F)c(F)c2)C1. The zero-order chi connectivity index (χ0) is 20.5. The number of likely N-dealkylation sites (tertiary alicyclic amines) is 1. The molecule has 2 aromatic rings. The lowest BCUT2D eigenvalue weighted by Gasteiger charge is -2.38. The van der Waals surface area contributed by atoms with Gasteiger partial charge in [-0.25, -0.2) is 8.78 Å². The summed E-state index contributed by atoms with van der Waals surface area (Å²) >= 11 is 0. The molecule has 0 bridgehead atoms. The molecule has 0 aliphatic carbocycles. The van der Waals surface area contributed by atoms with Crippen molar-refractivity contribution in [2.24, 2.45) is 5.92 Å². The fourth-order valence-corrected chi connectivity index (χ4v) is 2.64. The number of benzene rings is 2. The second-order valence-electron chi connectivity index (χ2n) is 6.07. The highest BCUT2D eigenvalue weighted by atomic mass is 19.4. The Morgan fingerprint density at radius 1 is 1.04 bits per heavy atom. The lowest BCUT2D eigenvalue weighted by molar-refractivity contribution is -0.274. The highest BCUT2D eigenvalue weighted by molar-refractivity contribution is 5.99. The second-order valence-corrected chi connectivity index (χ2v) is 6.07. The summed E-state index contributed by atoms with van der Waals surface area (Å²) in [5, 5.41) is 2.34. The number of ether oxygens (including phenoxy) is 1. The van der Waals surface area contributed by atoms with Crippen molar-refractivity contribution in [2.75, 3.05) is 18.4 Å². The number of nitrogens with one attached hydrogen (secondary N) is 1. The smallest absolute Gasteiger partial charge is 0.404 e. The molecule has 0 aromatic heterocycles. The van der Waals surface area contributed by atoms with Crippen LogP contribution in [0.1, 0.15) is 10.4 Å². The number of halogens is 5. The summed E-state index contributed by atoms with van der Waals surface area (Å²) in [6.07, 6.45) is -4.91. The van der Waals surface area contributed by atoms with Crippen LogP contribution in [0.5, 0.6) is 5.75 Å². The van der Waals surface area contributed by atoms with E-state index in [2.05, 4.69) is 10.1 Å². The Kier molecular flexibility index (Phi) is 5.21. The topological polar surface area (TPSA) is 58.6 Å². The first-order chi connectivity index (χ1) is 13.1. The normalized spacial score (nSPS) is 14.4. The quantitative estimate of drug-likeness (QED) is 0.799. The van der Waals surface area contributed by atoms with Crippen LogP contribution in [0.3, 0.4) is 0 Å². The number of hydrogen-bond acceptors (Lipinski definition) is 3. The molecule has 1 aliphatic rings. The van der Waals surface area contributed by atoms with Crippen LogP contribution in [-0.2, 0) is 4.79 Å². The molecule has 1 fully saturated rings. The number of amides is 2. The Morgan fingerprint density at radius 2 is 1.71 bits per heavy atom. The monoisotopic (exact) mass is 400 g/mol. The number of para-hydroxylation sites is 2. The van der Waals surface area contributed by atoms with Crippen LogP contribution in [-0.4, -0.2) is 36.2 Å². The Bertz CT molecular complexity index is 910. The number of hydrogen-bond donors (Lipinski definition) is 1. The minimum atomic E-state index is -4.91. The lowest BCUT2D eigenvalue weighted by atomic mass is 9.97. The summed E-state index contributed by atoms with van der Waals surface area (Å²) in [5.41, 5.74) is -0.225. The molecule has 0 unspecified atom stereocenters. The standard InChI is InChI=1S/C18H13F5N2O3/c19-12-6-5-10(7-13(12)20)17(27)25-8-11(9-25)16(26)24-14-3-1-2-4-15(14)28-18(21,22)23/h1-7,11H,8-9H2,(H,24,26). The summed E-state index contributed by atoms with van der Waals surface area (Å²) in [6.45, 7) is -0.0160. The number of nitrogens with zero attached hydrogens (tertiary/aromatic N) is 1. The van der Waals surface area contributed by atoms with Crippen LogP contribution in [0.4, 0.5) is 27.6 Å². The van der Waals surface area contributed by atoms with Crippen molar-refractivity contribution < 1.29 is 36.3 Å². The summed E-state index contributed by atoms with van der Waals surface area (Å²) in [7, 11) is 0. The molecule has 1 saturated heterocycles.